The Morgan fingerprint density at radius 1 is 1.00 bits per heavy atom. The van der Waals surface area contributed by atoms with Crippen LogP contribution in [0.2, 0.25) is 0 Å². The number of hydrogen-bond acceptors (Lipinski definition) is 6. The van der Waals surface area contributed by atoms with Crippen LogP contribution in [0.4, 0.5) is 5.82 Å². The van der Waals surface area contributed by atoms with E-state index < -0.39 is 0 Å². The number of rotatable bonds is 4. The molecular formula is C21H21N7O. The second-order valence-corrected chi connectivity index (χ2v) is 7.35. The van der Waals surface area contributed by atoms with Crippen LogP contribution in [0.1, 0.15) is 12.8 Å². The first kappa shape index (κ1) is 17.5. The minimum atomic E-state index is -0.0125. The molecule has 1 aliphatic heterocycles. The van der Waals surface area contributed by atoms with Crippen LogP contribution in [-0.2, 0) is 6.54 Å². The Bertz CT molecular complexity index is 1180. The fourth-order valence-corrected chi connectivity index (χ4v) is 3.84. The van der Waals surface area contributed by atoms with E-state index in [0.717, 1.165) is 43.0 Å². The number of hydrogen-bond donors (Lipinski definition) is 0. The van der Waals surface area contributed by atoms with Crippen LogP contribution in [0.5, 0.6) is 0 Å². The second-order valence-electron chi connectivity index (χ2n) is 7.35. The van der Waals surface area contributed by atoms with Crippen molar-refractivity contribution in [2.75, 3.05) is 18.0 Å². The van der Waals surface area contributed by atoms with Gasteiger partial charge in [0.25, 0.3) is 5.56 Å². The van der Waals surface area contributed by atoms with Crippen LogP contribution in [-0.4, -0.2) is 42.2 Å². The van der Waals surface area contributed by atoms with Crippen LogP contribution >= 0.6 is 0 Å². The molecule has 0 atom stereocenters. The van der Waals surface area contributed by atoms with Gasteiger partial charge < -0.3 is 4.90 Å². The summed E-state index contributed by atoms with van der Waals surface area (Å²) in [5, 5.41) is 4.63. The molecule has 0 bridgehead atoms. The molecule has 0 N–H and O–H groups in total. The highest BCUT2D eigenvalue weighted by molar-refractivity contribution is 5.57. The Labute approximate surface area is 167 Å². The van der Waals surface area contributed by atoms with E-state index >= 15 is 0 Å². The predicted octanol–water partition coefficient (Wildman–Crippen LogP) is 2.26. The van der Waals surface area contributed by atoms with E-state index in [0.29, 0.717) is 18.2 Å². The molecule has 1 aliphatic rings. The first-order valence-corrected chi connectivity index (χ1v) is 9.78. The molecule has 0 saturated carbocycles. The molecule has 0 amide bonds. The van der Waals surface area contributed by atoms with Crippen molar-refractivity contribution >= 4 is 11.5 Å². The highest BCUT2D eigenvalue weighted by atomic mass is 16.1. The number of pyridine rings is 1. The second kappa shape index (κ2) is 7.46. The van der Waals surface area contributed by atoms with Crippen LogP contribution in [0.25, 0.3) is 16.9 Å². The Balaban J connectivity index is 1.24. The van der Waals surface area contributed by atoms with Crippen molar-refractivity contribution in [2.45, 2.75) is 19.4 Å². The van der Waals surface area contributed by atoms with Gasteiger partial charge in [0.2, 0.25) is 0 Å². The zero-order valence-electron chi connectivity index (χ0n) is 15.9. The maximum atomic E-state index is 12.6. The normalized spacial score (nSPS) is 15.1. The van der Waals surface area contributed by atoms with Gasteiger partial charge in [-0.3, -0.25) is 14.3 Å². The van der Waals surface area contributed by atoms with E-state index in [1.165, 1.54) is 0 Å². The van der Waals surface area contributed by atoms with Gasteiger partial charge in [0.15, 0.2) is 5.65 Å². The molecule has 4 aromatic rings. The zero-order valence-corrected chi connectivity index (χ0v) is 15.9. The van der Waals surface area contributed by atoms with E-state index in [1.54, 1.807) is 40.1 Å². The topological polar surface area (TPSA) is 81.2 Å². The maximum Gasteiger partial charge on any atom is 0.253 e. The minimum Gasteiger partial charge on any atom is -0.355 e. The molecule has 0 unspecified atom stereocenters. The first-order valence-electron chi connectivity index (χ1n) is 9.78. The number of aromatic nitrogens is 6. The SMILES string of the molecule is O=c1cc(-c2ccncc2)ncn1CC1CCN(c2ccc3nccn3n2)CC1. The molecule has 5 heterocycles. The van der Waals surface area contributed by atoms with Crippen molar-refractivity contribution in [1.82, 2.24) is 29.1 Å². The van der Waals surface area contributed by atoms with Crippen LogP contribution < -0.4 is 10.5 Å². The molecule has 1 fully saturated rings. The highest BCUT2D eigenvalue weighted by Crippen LogP contribution is 2.23. The molecule has 0 aromatic carbocycles. The lowest BCUT2D eigenvalue weighted by atomic mass is 9.96. The van der Waals surface area contributed by atoms with E-state index in [2.05, 4.69) is 25.0 Å². The number of piperidine rings is 1. The monoisotopic (exact) mass is 387 g/mol. The van der Waals surface area contributed by atoms with Gasteiger partial charge in [-0.1, -0.05) is 0 Å². The molecule has 1 saturated heterocycles. The van der Waals surface area contributed by atoms with Gasteiger partial charge in [-0.15, -0.1) is 5.10 Å². The molecule has 0 aliphatic carbocycles. The zero-order chi connectivity index (χ0) is 19.6. The summed E-state index contributed by atoms with van der Waals surface area (Å²) in [7, 11) is 0. The van der Waals surface area contributed by atoms with E-state index in [4.69, 9.17) is 0 Å². The summed E-state index contributed by atoms with van der Waals surface area (Å²) >= 11 is 0. The van der Waals surface area contributed by atoms with E-state index in [-0.39, 0.29) is 5.56 Å². The van der Waals surface area contributed by atoms with Crippen molar-refractivity contribution in [3.05, 3.63) is 71.8 Å². The van der Waals surface area contributed by atoms with Crippen LogP contribution in [0.3, 0.4) is 0 Å². The number of fused-ring (bicyclic) bond motifs is 1. The Kier molecular flexibility index (Phi) is 4.51. The number of anilines is 1. The summed E-state index contributed by atoms with van der Waals surface area (Å²) in [5.74, 6) is 1.42. The van der Waals surface area contributed by atoms with Crippen molar-refractivity contribution in [1.29, 1.82) is 0 Å². The summed E-state index contributed by atoms with van der Waals surface area (Å²) < 4.78 is 3.53. The minimum absolute atomic E-state index is 0.0125. The average Bonchev–Trinajstić information content (AvgIpc) is 3.24. The average molecular weight is 387 g/mol. The summed E-state index contributed by atoms with van der Waals surface area (Å²) in [4.78, 5) is 27.6. The van der Waals surface area contributed by atoms with Gasteiger partial charge in [-0.2, -0.15) is 0 Å². The molecule has 4 aromatic heterocycles. The first-order chi connectivity index (χ1) is 14.3. The molecule has 146 valence electrons. The van der Waals surface area contributed by atoms with Crippen molar-refractivity contribution in [3.8, 4) is 11.3 Å². The quantitative estimate of drug-likeness (QED) is 0.534. The van der Waals surface area contributed by atoms with Gasteiger partial charge in [0, 0.05) is 56.1 Å². The summed E-state index contributed by atoms with van der Waals surface area (Å²) in [6.45, 7) is 2.55. The lowest BCUT2D eigenvalue weighted by molar-refractivity contribution is 0.350. The summed E-state index contributed by atoms with van der Waals surface area (Å²) in [6.07, 6.45) is 10.7. The Morgan fingerprint density at radius 3 is 2.62 bits per heavy atom. The van der Waals surface area contributed by atoms with Gasteiger partial charge >= 0.3 is 0 Å². The molecule has 0 spiro atoms. The predicted molar refractivity (Wildman–Crippen MR) is 110 cm³/mol. The van der Waals surface area contributed by atoms with Gasteiger partial charge in [0.05, 0.1) is 12.0 Å². The molecule has 8 heteroatoms. The maximum absolute atomic E-state index is 12.6. The molecular weight excluding hydrogens is 366 g/mol. The fraction of sp³-hybridized carbons (Fsp3) is 0.286. The summed E-state index contributed by atoms with van der Waals surface area (Å²) in [6, 6.07) is 9.33. The third kappa shape index (κ3) is 3.61. The Morgan fingerprint density at radius 2 is 1.83 bits per heavy atom. The Hall–Kier alpha value is -3.55. The van der Waals surface area contributed by atoms with Crippen molar-refractivity contribution in [3.63, 3.8) is 0 Å². The van der Waals surface area contributed by atoms with Gasteiger partial charge in [-0.25, -0.2) is 14.5 Å². The lowest BCUT2D eigenvalue weighted by Gasteiger charge is -2.32. The molecule has 8 nitrogen and oxygen atoms in total. The number of imidazole rings is 1. The van der Waals surface area contributed by atoms with Gasteiger partial charge in [-0.05, 0) is 43.0 Å². The van der Waals surface area contributed by atoms with Crippen molar-refractivity contribution in [2.24, 2.45) is 5.92 Å². The lowest BCUT2D eigenvalue weighted by Crippen LogP contribution is -2.37. The van der Waals surface area contributed by atoms with E-state index in [9.17, 15) is 4.79 Å². The smallest absolute Gasteiger partial charge is 0.253 e. The fourth-order valence-electron chi connectivity index (χ4n) is 3.84. The third-order valence-corrected chi connectivity index (χ3v) is 5.49. The third-order valence-electron chi connectivity index (χ3n) is 5.49. The van der Waals surface area contributed by atoms with Gasteiger partial charge in [0.1, 0.15) is 5.82 Å². The molecule has 29 heavy (non-hydrogen) atoms. The summed E-state index contributed by atoms with van der Waals surface area (Å²) in [5.41, 5.74) is 2.43. The number of nitrogens with zero attached hydrogens (tertiary/aromatic N) is 7. The van der Waals surface area contributed by atoms with Crippen LogP contribution in [0.15, 0.2) is 66.2 Å². The molecule has 5 rings (SSSR count). The van der Waals surface area contributed by atoms with Crippen molar-refractivity contribution < 1.29 is 0 Å². The van der Waals surface area contributed by atoms with E-state index in [1.807, 2.05) is 30.5 Å². The molecule has 0 radical (unpaired) electrons. The standard InChI is InChI=1S/C21H21N7O/c29-21-13-18(17-3-7-22-8-4-17)24-15-27(21)14-16-5-10-26(11-6-16)20-2-1-19-23-9-12-28(19)25-20/h1-4,7-9,12-13,15-16H,5-6,10-11,14H2. The largest absolute Gasteiger partial charge is 0.355 e. The van der Waals surface area contributed by atoms with Crippen LogP contribution in [0, 0.1) is 5.92 Å². The highest BCUT2D eigenvalue weighted by Gasteiger charge is 2.21.